The molecule has 0 saturated heterocycles. The number of anilines is 1. The first-order valence-electron chi connectivity index (χ1n) is 7.36. The zero-order chi connectivity index (χ0) is 17.6. The lowest BCUT2D eigenvalue weighted by molar-refractivity contribution is -0.111. The minimum Gasteiger partial charge on any atom is -0.363 e. The maximum atomic E-state index is 11.9. The first-order chi connectivity index (χ1) is 12.1. The molecule has 0 aliphatic heterocycles. The van der Waals surface area contributed by atoms with Crippen LogP contribution in [0, 0.1) is 0 Å². The maximum Gasteiger partial charge on any atom is 0.290 e. The van der Waals surface area contributed by atoms with E-state index in [0.29, 0.717) is 11.4 Å². The van der Waals surface area contributed by atoms with Gasteiger partial charge in [0, 0.05) is 11.8 Å². The van der Waals surface area contributed by atoms with Crippen LogP contribution in [0.1, 0.15) is 16.2 Å². The summed E-state index contributed by atoms with van der Waals surface area (Å²) < 4.78 is 0. The number of amides is 2. The van der Waals surface area contributed by atoms with Crippen LogP contribution in [0.5, 0.6) is 0 Å². The summed E-state index contributed by atoms with van der Waals surface area (Å²) in [5, 5.41) is 13.9. The normalized spacial score (nSPS) is 10.7. The van der Waals surface area contributed by atoms with Crippen molar-refractivity contribution < 1.29 is 9.59 Å². The SMILES string of the molecule is NC(=O)c1nnn(-c2ccc(NC(=O)C=Cc3ccccc3)cc2)n1. The Kier molecular flexibility index (Phi) is 4.61. The number of hydrogen-bond acceptors (Lipinski definition) is 5. The largest absolute Gasteiger partial charge is 0.363 e. The van der Waals surface area contributed by atoms with Crippen LogP contribution in [0.2, 0.25) is 0 Å². The third kappa shape index (κ3) is 4.14. The Morgan fingerprint density at radius 1 is 1.04 bits per heavy atom. The summed E-state index contributed by atoms with van der Waals surface area (Å²) in [5.74, 6) is -1.16. The molecule has 1 aromatic heterocycles. The van der Waals surface area contributed by atoms with Crippen molar-refractivity contribution in [1.29, 1.82) is 0 Å². The van der Waals surface area contributed by atoms with Crippen molar-refractivity contribution in [3.63, 3.8) is 0 Å². The molecule has 0 aliphatic carbocycles. The van der Waals surface area contributed by atoms with E-state index < -0.39 is 5.91 Å². The van der Waals surface area contributed by atoms with Gasteiger partial charge in [-0.05, 0) is 41.1 Å². The lowest BCUT2D eigenvalue weighted by Crippen LogP contribution is -2.13. The highest BCUT2D eigenvalue weighted by atomic mass is 16.2. The van der Waals surface area contributed by atoms with Gasteiger partial charge in [0.25, 0.3) is 11.7 Å². The molecule has 25 heavy (non-hydrogen) atoms. The van der Waals surface area contributed by atoms with Crippen molar-refractivity contribution in [2.24, 2.45) is 5.73 Å². The first-order valence-corrected chi connectivity index (χ1v) is 7.36. The highest BCUT2D eigenvalue weighted by Gasteiger charge is 2.09. The van der Waals surface area contributed by atoms with E-state index in [0.717, 1.165) is 5.56 Å². The number of tetrazole rings is 1. The molecule has 0 unspecified atom stereocenters. The molecule has 124 valence electrons. The predicted molar refractivity (Wildman–Crippen MR) is 91.8 cm³/mol. The number of nitrogens with one attached hydrogen (secondary N) is 1. The molecule has 0 radical (unpaired) electrons. The summed E-state index contributed by atoms with van der Waals surface area (Å²) in [6.45, 7) is 0. The fourth-order valence-electron chi connectivity index (χ4n) is 2.02. The average molecular weight is 334 g/mol. The lowest BCUT2D eigenvalue weighted by Gasteiger charge is -2.03. The molecule has 8 heteroatoms. The number of carbonyl (C=O) groups is 2. The minimum atomic E-state index is -0.750. The Labute approximate surface area is 143 Å². The van der Waals surface area contributed by atoms with E-state index in [1.165, 1.54) is 10.9 Å². The first kappa shape index (κ1) is 16.1. The molecular weight excluding hydrogens is 320 g/mol. The van der Waals surface area contributed by atoms with Gasteiger partial charge in [-0.3, -0.25) is 9.59 Å². The van der Waals surface area contributed by atoms with Crippen molar-refractivity contribution in [1.82, 2.24) is 20.2 Å². The highest BCUT2D eigenvalue weighted by molar-refractivity contribution is 6.01. The van der Waals surface area contributed by atoms with Crippen LogP contribution in [-0.2, 0) is 4.79 Å². The van der Waals surface area contributed by atoms with Crippen LogP contribution in [0.15, 0.2) is 60.7 Å². The summed E-state index contributed by atoms with van der Waals surface area (Å²) in [6.07, 6.45) is 3.19. The summed E-state index contributed by atoms with van der Waals surface area (Å²) >= 11 is 0. The molecule has 0 spiro atoms. The lowest BCUT2D eigenvalue weighted by atomic mass is 10.2. The molecular formula is C17H14N6O2. The number of primary amides is 1. The second-order valence-electron chi connectivity index (χ2n) is 5.05. The zero-order valence-corrected chi connectivity index (χ0v) is 13.0. The number of carbonyl (C=O) groups excluding carboxylic acids is 2. The quantitative estimate of drug-likeness (QED) is 0.684. The third-order valence-electron chi connectivity index (χ3n) is 3.23. The molecule has 8 nitrogen and oxygen atoms in total. The molecule has 3 rings (SSSR count). The van der Waals surface area contributed by atoms with E-state index in [2.05, 4.69) is 20.7 Å². The molecule has 1 heterocycles. The molecule has 0 bridgehead atoms. The van der Waals surface area contributed by atoms with Gasteiger partial charge in [-0.1, -0.05) is 30.3 Å². The monoisotopic (exact) mass is 334 g/mol. The van der Waals surface area contributed by atoms with Crippen LogP contribution in [-0.4, -0.2) is 32.0 Å². The van der Waals surface area contributed by atoms with Gasteiger partial charge in [0.2, 0.25) is 5.91 Å². The van der Waals surface area contributed by atoms with Gasteiger partial charge in [-0.25, -0.2) is 0 Å². The van der Waals surface area contributed by atoms with E-state index in [4.69, 9.17) is 5.73 Å². The Morgan fingerprint density at radius 3 is 2.40 bits per heavy atom. The van der Waals surface area contributed by atoms with Gasteiger partial charge in [-0.2, -0.15) is 0 Å². The Hall–Kier alpha value is -3.81. The zero-order valence-electron chi connectivity index (χ0n) is 13.0. The highest BCUT2D eigenvalue weighted by Crippen LogP contribution is 2.12. The second kappa shape index (κ2) is 7.18. The fraction of sp³-hybridized carbons (Fsp3) is 0. The van der Waals surface area contributed by atoms with Gasteiger partial charge in [0.05, 0.1) is 5.69 Å². The van der Waals surface area contributed by atoms with Crippen LogP contribution in [0.3, 0.4) is 0 Å². The maximum absolute atomic E-state index is 11.9. The standard InChI is InChI=1S/C17H14N6O2/c18-16(25)17-20-22-23(21-17)14-9-7-13(8-10-14)19-15(24)11-6-12-4-2-1-3-5-12/h1-11H,(H2,18,25)(H,19,24). The number of rotatable bonds is 5. The number of benzene rings is 2. The Morgan fingerprint density at radius 2 is 1.76 bits per heavy atom. The smallest absolute Gasteiger partial charge is 0.290 e. The van der Waals surface area contributed by atoms with Crippen molar-refractivity contribution in [3.8, 4) is 5.69 Å². The van der Waals surface area contributed by atoms with E-state index in [1.807, 2.05) is 30.3 Å². The van der Waals surface area contributed by atoms with Gasteiger partial charge >= 0.3 is 0 Å². The molecule has 0 atom stereocenters. The second-order valence-corrected chi connectivity index (χ2v) is 5.05. The summed E-state index contributed by atoms with van der Waals surface area (Å²) in [4.78, 5) is 24.1. The molecule has 0 saturated carbocycles. The van der Waals surface area contributed by atoms with Gasteiger partial charge in [-0.15, -0.1) is 15.0 Å². The number of nitrogens with two attached hydrogens (primary N) is 1. The molecule has 3 N–H and O–H groups in total. The van der Waals surface area contributed by atoms with Crippen molar-refractivity contribution in [2.75, 3.05) is 5.32 Å². The molecule has 3 aromatic rings. The topological polar surface area (TPSA) is 116 Å². The minimum absolute atomic E-state index is 0.163. The number of aromatic nitrogens is 4. The molecule has 2 aromatic carbocycles. The molecule has 0 aliphatic rings. The Bertz CT molecular complexity index is 916. The number of nitrogens with zero attached hydrogens (tertiary/aromatic N) is 4. The third-order valence-corrected chi connectivity index (χ3v) is 3.23. The fourth-order valence-corrected chi connectivity index (χ4v) is 2.02. The van der Waals surface area contributed by atoms with E-state index in [9.17, 15) is 9.59 Å². The average Bonchev–Trinajstić information content (AvgIpc) is 3.12. The van der Waals surface area contributed by atoms with E-state index >= 15 is 0 Å². The van der Waals surface area contributed by atoms with Gasteiger partial charge in [0.15, 0.2) is 0 Å². The predicted octanol–water partition coefficient (Wildman–Crippen LogP) is 1.41. The molecule has 2 amide bonds. The van der Waals surface area contributed by atoms with Crippen LogP contribution >= 0.6 is 0 Å². The van der Waals surface area contributed by atoms with E-state index in [1.54, 1.807) is 30.3 Å². The van der Waals surface area contributed by atoms with E-state index in [-0.39, 0.29) is 11.7 Å². The van der Waals surface area contributed by atoms with Crippen LogP contribution in [0.4, 0.5) is 5.69 Å². The summed E-state index contributed by atoms with van der Waals surface area (Å²) in [7, 11) is 0. The van der Waals surface area contributed by atoms with Crippen molar-refractivity contribution in [2.45, 2.75) is 0 Å². The van der Waals surface area contributed by atoms with Gasteiger partial charge < -0.3 is 11.1 Å². The van der Waals surface area contributed by atoms with Crippen molar-refractivity contribution in [3.05, 3.63) is 72.1 Å². The van der Waals surface area contributed by atoms with Crippen LogP contribution < -0.4 is 11.1 Å². The van der Waals surface area contributed by atoms with Crippen molar-refractivity contribution >= 4 is 23.6 Å². The molecule has 0 fully saturated rings. The summed E-state index contributed by atoms with van der Waals surface area (Å²) in [5.41, 5.74) is 7.22. The summed E-state index contributed by atoms with van der Waals surface area (Å²) in [6, 6.07) is 16.3. The van der Waals surface area contributed by atoms with Gasteiger partial charge in [0.1, 0.15) is 0 Å². The van der Waals surface area contributed by atoms with Crippen LogP contribution in [0.25, 0.3) is 11.8 Å². The Balaban J connectivity index is 1.65. The number of hydrogen-bond donors (Lipinski definition) is 2.